The van der Waals surface area contributed by atoms with Gasteiger partial charge in [-0.15, -0.1) is 0 Å². The molecule has 7 heteroatoms. The van der Waals surface area contributed by atoms with E-state index in [4.69, 9.17) is 9.15 Å². The number of anilines is 2. The Labute approximate surface area is 158 Å². The number of rotatable bonds is 5. The Morgan fingerprint density at radius 3 is 2.56 bits per heavy atom. The lowest BCUT2D eigenvalue weighted by atomic mass is 10.1. The summed E-state index contributed by atoms with van der Waals surface area (Å²) in [5.74, 6) is -0.0193. The molecule has 1 aromatic heterocycles. The van der Waals surface area contributed by atoms with Crippen LogP contribution < -0.4 is 10.2 Å². The van der Waals surface area contributed by atoms with Crippen LogP contribution >= 0.6 is 0 Å². The molecule has 1 fully saturated rings. The number of oxazole rings is 1. The van der Waals surface area contributed by atoms with Gasteiger partial charge in [-0.1, -0.05) is 13.8 Å². The highest BCUT2D eigenvalue weighted by Crippen LogP contribution is 2.31. The molecule has 0 bridgehead atoms. The number of carbonyl (C=O) groups excluding carboxylic acids is 2. The zero-order valence-electron chi connectivity index (χ0n) is 16.2. The Balaban J connectivity index is 1.93. The maximum atomic E-state index is 12.8. The third-order valence-electron chi connectivity index (χ3n) is 4.63. The Morgan fingerprint density at radius 1 is 1.26 bits per heavy atom. The number of hydrogen-bond acceptors (Lipinski definition) is 6. The monoisotopic (exact) mass is 371 g/mol. The second-order valence-corrected chi connectivity index (χ2v) is 6.99. The highest BCUT2D eigenvalue weighted by atomic mass is 16.5. The molecule has 0 radical (unpaired) electrons. The topological polar surface area (TPSA) is 84.7 Å². The maximum Gasteiger partial charge on any atom is 0.337 e. The van der Waals surface area contributed by atoms with Gasteiger partial charge in [0, 0.05) is 19.0 Å². The molecule has 1 aromatic carbocycles. The summed E-state index contributed by atoms with van der Waals surface area (Å²) in [6.45, 7) is 7.49. The standard InChI is InChI=1S/C20H25N3O4/c1-12(2)19-21-13(3)17(27-19)18(24)22-15-11-14(20(25)26-4)7-8-16(15)23-9-5-6-10-23/h7-8,11-12H,5-6,9-10H2,1-4H3,(H,22,24). The van der Waals surface area contributed by atoms with Crippen molar-refractivity contribution in [3.8, 4) is 0 Å². The first-order valence-corrected chi connectivity index (χ1v) is 9.16. The fraction of sp³-hybridized carbons (Fsp3) is 0.450. The average molecular weight is 371 g/mol. The van der Waals surface area contributed by atoms with Crippen molar-refractivity contribution >= 4 is 23.3 Å². The molecule has 7 nitrogen and oxygen atoms in total. The minimum Gasteiger partial charge on any atom is -0.465 e. The zero-order chi connectivity index (χ0) is 19.6. The number of nitrogens with zero attached hydrogens (tertiary/aromatic N) is 2. The summed E-state index contributed by atoms with van der Waals surface area (Å²) in [7, 11) is 1.33. The predicted octanol–water partition coefficient (Wildman–Crippen LogP) is 3.75. The van der Waals surface area contributed by atoms with E-state index in [1.807, 2.05) is 19.9 Å². The van der Waals surface area contributed by atoms with Crippen LogP contribution in [0.25, 0.3) is 0 Å². The number of methoxy groups -OCH3 is 1. The molecule has 0 atom stereocenters. The number of aryl methyl sites for hydroxylation is 1. The van der Waals surface area contributed by atoms with Gasteiger partial charge in [0.2, 0.25) is 5.76 Å². The van der Waals surface area contributed by atoms with Gasteiger partial charge in [0.25, 0.3) is 5.91 Å². The van der Waals surface area contributed by atoms with Crippen LogP contribution in [0.15, 0.2) is 22.6 Å². The molecule has 144 valence electrons. The number of amides is 1. The molecule has 2 aromatic rings. The van der Waals surface area contributed by atoms with E-state index in [0.29, 0.717) is 22.8 Å². The molecule has 3 rings (SSSR count). The summed E-state index contributed by atoms with van der Waals surface area (Å²) in [4.78, 5) is 31.2. The van der Waals surface area contributed by atoms with Crippen molar-refractivity contribution in [3.63, 3.8) is 0 Å². The minimum absolute atomic E-state index is 0.0908. The van der Waals surface area contributed by atoms with Crippen molar-refractivity contribution < 1.29 is 18.7 Å². The molecule has 2 heterocycles. The van der Waals surface area contributed by atoms with Gasteiger partial charge in [-0.05, 0) is 38.0 Å². The van der Waals surface area contributed by atoms with E-state index < -0.39 is 5.97 Å². The molecule has 0 aliphatic carbocycles. The van der Waals surface area contributed by atoms with Crippen LogP contribution in [0.2, 0.25) is 0 Å². The Kier molecular flexibility index (Phi) is 5.48. The van der Waals surface area contributed by atoms with Gasteiger partial charge in [0.05, 0.1) is 29.7 Å². The van der Waals surface area contributed by atoms with Crippen LogP contribution in [-0.4, -0.2) is 37.1 Å². The quantitative estimate of drug-likeness (QED) is 0.806. The first-order valence-electron chi connectivity index (χ1n) is 9.16. The van der Waals surface area contributed by atoms with Crippen molar-refractivity contribution in [2.45, 2.75) is 39.5 Å². The Bertz CT molecular complexity index is 851. The zero-order valence-corrected chi connectivity index (χ0v) is 16.2. The summed E-state index contributed by atoms with van der Waals surface area (Å²) in [5, 5.41) is 2.89. The van der Waals surface area contributed by atoms with E-state index in [2.05, 4.69) is 15.2 Å². The molecular weight excluding hydrogens is 346 g/mol. The summed E-state index contributed by atoms with van der Waals surface area (Å²) >= 11 is 0. The lowest BCUT2D eigenvalue weighted by Crippen LogP contribution is -2.21. The number of carbonyl (C=O) groups is 2. The third-order valence-corrected chi connectivity index (χ3v) is 4.63. The van der Waals surface area contributed by atoms with Crippen molar-refractivity contribution in [1.29, 1.82) is 0 Å². The second-order valence-electron chi connectivity index (χ2n) is 6.99. The SMILES string of the molecule is COC(=O)c1ccc(N2CCCC2)c(NC(=O)c2oc(C(C)C)nc2C)c1. The first-order chi connectivity index (χ1) is 12.9. The number of aromatic nitrogens is 1. The Hall–Kier alpha value is -2.83. The van der Waals surface area contributed by atoms with E-state index in [-0.39, 0.29) is 17.6 Å². The van der Waals surface area contributed by atoms with Gasteiger partial charge >= 0.3 is 5.97 Å². The van der Waals surface area contributed by atoms with Gasteiger partial charge in [-0.25, -0.2) is 9.78 Å². The highest BCUT2D eigenvalue weighted by molar-refractivity contribution is 6.05. The summed E-state index contributed by atoms with van der Waals surface area (Å²) < 4.78 is 10.4. The largest absolute Gasteiger partial charge is 0.465 e. The average Bonchev–Trinajstić information content (AvgIpc) is 3.30. The molecule has 0 unspecified atom stereocenters. The first kappa shape index (κ1) is 18.9. The normalized spacial score (nSPS) is 13.9. The Morgan fingerprint density at radius 2 is 1.96 bits per heavy atom. The van der Waals surface area contributed by atoms with Crippen LogP contribution in [0, 0.1) is 6.92 Å². The van der Waals surface area contributed by atoms with E-state index in [9.17, 15) is 9.59 Å². The van der Waals surface area contributed by atoms with Crippen molar-refractivity contribution in [2.75, 3.05) is 30.4 Å². The predicted molar refractivity (Wildman–Crippen MR) is 103 cm³/mol. The molecule has 27 heavy (non-hydrogen) atoms. The van der Waals surface area contributed by atoms with Crippen molar-refractivity contribution in [2.24, 2.45) is 0 Å². The van der Waals surface area contributed by atoms with Gasteiger partial charge < -0.3 is 19.4 Å². The number of ether oxygens (including phenoxy) is 1. The molecule has 1 N–H and O–H groups in total. The van der Waals surface area contributed by atoms with E-state index in [1.165, 1.54) is 7.11 Å². The molecule has 1 amide bonds. The molecule has 0 saturated carbocycles. The fourth-order valence-corrected chi connectivity index (χ4v) is 3.17. The molecule has 1 aliphatic rings. The van der Waals surface area contributed by atoms with E-state index >= 15 is 0 Å². The van der Waals surface area contributed by atoms with Crippen LogP contribution in [-0.2, 0) is 4.74 Å². The third kappa shape index (κ3) is 3.97. The number of benzene rings is 1. The molecule has 1 saturated heterocycles. The van der Waals surface area contributed by atoms with Crippen molar-refractivity contribution in [1.82, 2.24) is 4.98 Å². The van der Waals surface area contributed by atoms with Gasteiger partial charge in [0.15, 0.2) is 5.89 Å². The summed E-state index contributed by atoms with van der Waals surface area (Å²) in [6.07, 6.45) is 2.20. The molecule has 1 aliphatic heterocycles. The van der Waals surface area contributed by atoms with E-state index in [0.717, 1.165) is 31.6 Å². The smallest absolute Gasteiger partial charge is 0.337 e. The van der Waals surface area contributed by atoms with Crippen LogP contribution in [0.5, 0.6) is 0 Å². The summed E-state index contributed by atoms with van der Waals surface area (Å²) in [6, 6.07) is 5.21. The second kappa shape index (κ2) is 7.82. The van der Waals surface area contributed by atoms with Crippen LogP contribution in [0.1, 0.15) is 65.1 Å². The maximum absolute atomic E-state index is 12.8. The molecule has 0 spiro atoms. The molecular formula is C20H25N3O4. The lowest BCUT2D eigenvalue weighted by molar-refractivity contribution is 0.0600. The highest BCUT2D eigenvalue weighted by Gasteiger charge is 2.23. The van der Waals surface area contributed by atoms with Gasteiger partial charge in [-0.3, -0.25) is 4.79 Å². The number of esters is 1. The van der Waals surface area contributed by atoms with Gasteiger partial charge in [0.1, 0.15) is 0 Å². The number of hydrogen-bond donors (Lipinski definition) is 1. The number of nitrogens with one attached hydrogen (secondary N) is 1. The van der Waals surface area contributed by atoms with Crippen molar-refractivity contribution in [3.05, 3.63) is 41.1 Å². The lowest BCUT2D eigenvalue weighted by Gasteiger charge is -2.22. The summed E-state index contributed by atoms with van der Waals surface area (Å²) in [5.41, 5.74) is 2.37. The van der Waals surface area contributed by atoms with Crippen LogP contribution in [0.3, 0.4) is 0 Å². The van der Waals surface area contributed by atoms with Gasteiger partial charge in [-0.2, -0.15) is 0 Å². The minimum atomic E-state index is -0.448. The van der Waals surface area contributed by atoms with E-state index in [1.54, 1.807) is 19.1 Å². The van der Waals surface area contributed by atoms with Crippen LogP contribution in [0.4, 0.5) is 11.4 Å². The fourth-order valence-electron chi connectivity index (χ4n) is 3.17.